The highest BCUT2D eigenvalue weighted by atomic mass is 16.5. The van der Waals surface area contributed by atoms with Crippen LogP contribution >= 0.6 is 0 Å². The molecule has 0 amide bonds. The zero-order valence-corrected chi connectivity index (χ0v) is 10.3. The molecule has 0 bridgehead atoms. The van der Waals surface area contributed by atoms with E-state index in [2.05, 4.69) is 9.97 Å². The molecule has 0 saturated carbocycles. The number of aliphatic carboxylic acids is 1. The minimum absolute atomic E-state index is 0.133. The van der Waals surface area contributed by atoms with Crippen molar-refractivity contribution in [2.75, 3.05) is 31.7 Å². The van der Waals surface area contributed by atoms with Crippen LogP contribution in [0.4, 0.5) is 5.95 Å². The summed E-state index contributed by atoms with van der Waals surface area (Å²) in [4.78, 5) is 20.8. The molecule has 0 saturated heterocycles. The van der Waals surface area contributed by atoms with Crippen LogP contribution in [-0.4, -0.2) is 47.8 Å². The Hall–Kier alpha value is -1.69. The molecule has 0 aliphatic carbocycles. The van der Waals surface area contributed by atoms with Crippen molar-refractivity contribution in [2.45, 2.75) is 13.8 Å². The van der Waals surface area contributed by atoms with E-state index >= 15 is 0 Å². The SMILES string of the molecule is COCCN(CC(=O)O)c1nc(C)cc(C)n1. The number of carbonyl (C=O) groups is 1. The van der Waals surface area contributed by atoms with E-state index in [-0.39, 0.29) is 6.54 Å². The smallest absolute Gasteiger partial charge is 0.323 e. The van der Waals surface area contributed by atoms with Gasteiger partial charge in [-0.15, -0.1) is 0 Å². The summed E-state index contributed by atoms with van der Waals surface area (Å²) in [5.74, 6) is -0.481. The lowest BCUT2D eigenvalue weighted by molar-refractivity contribution is -0.135. The summed E-state index contributed by atoms with van der Waals surface area (Å²) in [5, 5.41) is 8.85. The van der Waals surface area contributed by atoms with Crippen LogP contribution in [0.5, 0.6) is 0 Å². The second kappa shape index (κ2) is 6.15. The minimum Gasteiger partial charge on any atom is -0.480 e. The predicted octanol–water partition coefficient (Wildman–Crippen LogP) is 0.631. The fourth-order valence-electron chi connectivity index (χ4n) is 1.46. The summed E-state index contributed by atoms with van der Waals surface area (Å²) in [7, 11) is 1.57. The number of aryl methyl sites for hydroxylation is 2. The largest absolute Gasteiger partial charge is 0.480 e. The number of hydrogen-bond acceptors (Lipinski definition) is 5. The lowest BCUT2D eigenvalue weighted by atomic mass is 10.3. The Bertz CT molecular complexity index is 375. The molecule has 1 N–H and O–H groups in total. The van der Waals surface area contributed by atoms with Gasteiger partial charge in [0.25, 0.3) is 0 Å². The number of carboxylic acid groups (broad SMARTS) is 1. The quantitative estimate of drug-likeness (QED) is 0.784. The molecule has 0 radical (unpaired) electrons. The van der Waals surface area contributed by atoms with E-state index in [4.69, 9.17) is 9.84 Å². The van der Waals surface area contributed by atoms with E-state index in [1.165, 1.54) is 0 Å². The fourth-order valence-corrected chi connectivity index (χ4v) is 1.46. The van der Waals surface area contributed by atoms with E-state index in [1.807, 2.05) is 19.9 Å². The number of ether oxygens (including phenoxy) is 1. The number of methoxy groups -OCH3 is 1. The number of rotatable bonds is 6. The Balaban J connectivity index is 2.90. The molecule has 1 heterocycles. The molecule has 0 atom stereocenters. The molecule has 6 nitrogen and oxygen atoms in total. The van der Waals surface area contributed by atoms with Crippen molar-refractivity contribution in [1.29, 1.82) is 0 Å². The van der Waals surface area contributed by atoms with Gasteiger partial charge in [0.2, 0.25) is 5.95 Å². The van der Waals surface area contributed by atoms with E-state index in [1.54, 1.807) is 12.0 Å². The standard InChI is InChI=1S/C11H17N3O3/c1-8-6-9(2)13-11(12-8)14(4-5-17-3)7-10(15)16/h6H,4-5,7H2,1-3H3,(H,15,16). The van der Waals surface area contributed by atoms with Gasteiger partial charge in [0.05, 0.1) is 6.61 Å². The average Bonchev–Trinajstić information content (AvgIpc) is 2.22. The van der Waals surface area contributed by atoms with Crippen LogP contribution in [0.25, 0.3) is 0 Å². The molecule has 94 valence electrons. The summed E-state index contributed by atoms with van der Waals surface area (Å²) >= 11 is 0. The van der Waals surface area contributed by atoms with E-state index in [9.17, 15) is 4.79 Å². The van der Waals surface area contributed by atoms with Crippen molar-refractivity contribution in [1.82, 2.24) is 9.97 Å². The van der Waals surface area contributed by atoms with E-state index in [0.29, 0.717) is 19.1 Å². The van der Waals surface area contributed by atoms with E-state index < -0.39 is 5.97 Å². The molecule has 6 heteroatoms. The van der Waals surface area contributed by atoms with Crippen LogP contribution in [0.15, 0.2) is 6.07 Å². The summed E-state index contributed by atoms with van der Waals surface area (Å²) in [5.41, 5.74) is 1.64. The molecular weight excluding hydrogens is 222 g/mol. The van der Waals surface area contributed by atoms with Crippen molar-refractivity contribution in [3.05, 3.63) is 17.5 Å². The van der Waals surface area contributed by atoms with Gasteiger partial charge in [-0.1, -0.05) is 0 Å². The molecule has 0 fully saturated rings. The predicted molar refractivity (Wildman–Crippen MR) is 63.2 cm³/mol. The number of nitrogens with zero attached hydrogens (tertiary/aromatic N) is 3. The van der Waals surface area contributed by atoms with Gasteiger partial charge in [-0.2, -0.15) is 0 Å². The first-order chi connectivity index (χ1) is 8.02. The summed E-state index contributed by atoms with van der Waals surface area (Å²) < 4.78 is 4.95. The molecule has 0 aromatic carbocycles. The Morgan fingerprint density at radius 3 is 2.47 bits per heavy atom. The maximum absolute atomic E-state index is 10.8. The highest BCUT2D eigenvalue weighted by Crippen LogP contribution is 2.09. The van der Waals surface area contributed by atoms with Crippen LogP contribution in [0.1, 0.15) is 11.4 Å². The zero-order chi connectivity index (χ0) is 12.8. The number of carboxylic acids is 1. The van der Waals surface area contributed by atoms with Crippen LogP contribution in [-0.2, 0) is 9.53 Å². The summed E-state index contributed by atoms with van der Waals surface area (Å²) in [6.45, 7) is 4.46. The molecule has 0 aliphatic heterocycles. The number of anilines is 1. The third-order valence-corrected chi connectivity index (χ3v) is 2.14. The Labute approximate surface area is 100 Å². The third kappa shape index (κ3) is 4.36. The molecule has 17 heavy (non-hydrogen) atoms. The van der Waals surface area contributed by atoms with Gasteiger partial charge < -0.3 is 14.7 Å². The third-order valence-electron chi connectivity index (χ3n) is 2.14. The highest BCUT2D eigenvalue weighted by Gasteiger charge is 2.13. The molecule has 1 rings (SSSR count). The lowest BCUT2D eigenvalue weighted by Crippen LogP contribution is -2.34. The first-order valence-corrected chi connectivity index (χ1v) is 5.31. The zero-order valence-electron chi connectivity index (χ0n) is 10.3. The minimum atomic E-state index is -0.913. The average molecular weight is 239 g/mol. The Morgan fingerprint density at radius 1 is 1.41 bits per heavy atom. The highest BCUT2D eigenvalue weighted by molar-refractivity contribution is 5.72. The van der Waals surface area contributed by atoms with Crippen molar-refractivity contribution in [2.24, 2.45) is 0 Å². The molecule has 1 aromatic rings. The Morgan fingerprint density at radius 2 is 2.00 bits per heavy atom. The molecular formula is C11H17N3O3. The van der Waals surface area contributed by atoms with Crippen molar-refractivity contribution >= 4 is 11.9 Å². The van der Waals surface area contributed by atoms with Gasteiger partial charge in [0, 0.05) is 25.0 Å². The first-order valence-electron chi connectivity index (χ1n) is 5.31. The van der Waals surface area contributed by atoms with Gasteiger partial charge >= 0.3 is 5.97 Å². The van der Waals surface area contributed by atoms with E-state index in [0.717, 1.165) is 11.4 Å². The molecule has 0 spiro atoms. The van der Waals surface area contributed by atoms with Crippen molar-refractivity contribution in [3.8, 4) is 0 Å². The Kier molecular flexibility index (Phi) is 4.84. The first kappa shape index (κ1) is 13.4. The van der Waals surface area contributed by atoms with Crippen molar-refractivity contribution < 1.29 is 14.6 Å². The second-order valence-corrected chi connectivity index (χ2v) is 3.76. The van der Waals surface area contributed by atoms with Crippen LogP contribution in [0.3, 0.4) is 0 Å². The normalized spacial score (nSPS) is 10.3. The van der Waals surface area contributed by atoms with Gasteiger partial charge in [-0.3, -0.25) is 4.79 Å². The van der Waals surface area contributed by atoms with Gasteiger partial charge in [-0.05, 0) is 19.9 Å². The monoisotopic (exact) mass is 239 g/mol. The van der Waals surface area contributed by atoms with Crippen LogP contribution in [0.2, 0.25) is 0 Å². The van der Waals surface area contributed by atoms with Crippen LogP contribution < -0.4 is 4.90 Å². The number of hydrogen-bond donors (Lipinski definition) is 1. The topological polar surface area (TPSA) is 75.5 Å². The fraction of sp³-hybridized carbons (Fsp3) is 0.545. The second-order valence-electron chi connectivity index (χ2n) is 3.76. The van der Waals surface area contributed by atoms with Gasteiger partial charge in [0.15, 0.2) is 0 Å². The number of aromatic nitrogens is 2. The van der Waals surface area contributed by atoms with Crippen LogP contribution in [0, 0.1) is 13.8 Å². The van der Waals surface area contributed by atoms with Gasteiger partial charge in [-0.25, -0.2) is 9.97 Å². The maximum Gasteiger partial charge on any atom is 0.323 e. The summed E-state index contributed by atoms with van der Waals surface area (Å²) in [6.07, 6.45) is 0. The molecule has 0 unspecified atom stereocenters. The lowest BCUT2D eigenvalue weighted by Gasteiger charge is -2.20. The van der Waals surface area contributed by atoms with Gasteiger partial charge in [0.1, 0.15) is 6.54 Å². The van der Waals surface area contributed by atoms with Crippen molar-refractivity contribution in [3.63, 3.8) is 0 Å². The molecule has 0 aliphatic rings. The molecule has 1 aromatic heterocycles. The summed E-state index contributed by atoms with van der Waals surface area (Å²) in [6, 6.07) is 1.85. The maximum atomic E-state index is 10.8.